The summed E-state index contributed by atoms with van der Waals surface area (Å²) in [5, 5.41) is 11.7. The lowest BCUT2D eigenvalue weighted by molar-refractivity contribution is -0.116. The molecular weight excluding hydrogens is 490 g/mol. The van der Waals surface area contributed by atoms with Crippen LogP contribution in [0, 0.1) is 0 Å². The highest BCUT2D eigenvalue weighted by atomic mass is 79.9. The number of benzene rings is 1. The first-order valence-electron chi connectivity index (χ1n) is 11.0. The topological polar surface area (TPSA) is 106 Å². The zero-order valence-electron chi connectivity index (χ0n) is 18.4. The van der Waals surface area contributed by atoms with Gasteiger partial charge in [-0.15, -0.1) is 0 Å². The molecule has 2 N–H and O–H groups in total. The van der Waals surface area contributed by atoms with Gasteiger partial charge in [0.25, 0.3) is 0 Å². The second-order valence-corrected chi connectivity index (χ2v) is 9.01. The fourth-order valence-corrected chi connectivity index (χ4v) is 4.61. The van der Waals surface area contributed by atoms with Crippen LogP contribution in [0.4, 0.5) is 11.6 Å². The number of rotatable bonds is 8. The van der Waals surface area contributed by atoms with E-state index >= 15 is 0 Å². The minimum atomic E-state index is -0.539. The highest BCUT2D eigenvalue weighted by Crippen LogP contribution is 2.40. The van der Waals surface area contributed by atoms with Crippen LogP contribution in [0.5, 0.6) is 0 Å². The molecule has 2 aromatic heterocycles. The zero-order chi connectivity index (χ0) is 22.8. The summed E-state index contributed by atoms with van der Waals surface area (Å²) in [7, 11) is 1.66. The summed E-state index contributed by atoms with van der Waals surface area (Å²) >= 11 is 3.53. The van der Waals surface area contributed by atoms with E-state index < -0.39 is 5.92 Å². The van der Waals surface area contributed by atoms with Crippen molar-refractivity contribution in [3.63, 3.8) is 0 Å². The number of hydrogen-bond donors (Lipinski definition) is 2. The van der Waals surface area contributed by atoms with Crippen molar-refractivity contribution in [2.24, 2.45) is 0 Å². The number of nitrogens with zero attached hydrogens (tertiary/aromatic N) is 5. The second kappa shape index (κ2) is 9.72. The van der Waals surface area contributed by atoms with Gasteiger partial charge in [-0.1, -0.05) is 15.9 Å². The molecule has 0 saturated carbocycles. The van der Waals surface area contributed by atoms with Gasteiger partial charge < -0.3 is 20.1 Å². The van der Waals surface area contributed by atoms with Crippen LogP contribution in [0.15, 0.2) is 28.9 Å². The van der Waals surface area contributed by atoms with Crippen LogP contribution < -0.4 is 10.6 Å². The number of nitrogens with one attached hydrogen (secondary N) is 2. The number of anilines is 2. The Bertz CT molecular complexity index is 1160. The van der Waals surface area contributed by atoms with Gasteiger partial charge in [-0.25, -0.2) is 4.98 Å². The summed E-state index contributed by atoms with van der Waals surface area (Å²) in [5.74, 6) is -0.172. The molecular formula is C22H26BrN7O3. The largest absolute Gasteiger partial charge is 0.383 e. The molecule has 1 unspecified atom stereocenters. The molecule has 11 heteroatoms. The zero-order valence-corrected chi connectivity index (χ0v) is 20.0. The minimum Gasteiger partial charge on any atom is -0.383 e. The van der Waals surface area contributed by atoms with E-state index in [0.717, 1.165) is 54.0 Å². The first kappa shape index (κ1) is 22.2. The summed E-state index contributed by atoms with van der Waals surface area (Å²) in [6, 6.07) is 5.78. The first-order valence-corrected chi connectivity index (χ1v) is 11.8. The molecule has 1 saturated heterocycles. The van der Waals surface area contributed by atoms with E-state index in [1.807, 2.05) is 24.4 Å². The van der Waals surface area contributed by atoms with E-state index in [9.17, 15) is 4.79 Å². The maximum Gasteiger partial charge on any atom is 0.238 e. The Morgan fingerprint density at radius 2 is 2.12 bits per heavy atom. The molecule has 0 aliphatic carbocycles. The SMILES string of the molecule is COCCn1cc2c(C3C(=O)Nc4ccc(Br)cc43)nc(NCCN3CCOCC3)nc2n1. The molecule has 2 aliphatic heterocycles. The lowest BCUT2D eigenvalue weighted by Crippen LogP contribution is -2.39. The van der Waals surface area contributed by atoms with Crippen LogP contribution >= 0.6 is 15.9 Å². The quantitative estimate of drug-likeness (QED) is 0.469. The third-order valence-electron chi connectivity index (χ3n) is 5.91. The molecule has 1 fully saturated rings. The molecule has 0 radical (unpaired) electrons. The Morgan fingerprint density at radius 3 is 2.94 bits per heavy atom. The molecule has 0 spiro atoms. The average Bonchev–Trinajstić information content (AvgIpc) is 3.37. The Hall–Kier alpha value is -2.60. The molecule has 3 aromatic rings. The normalized spacial score (nSPS) is 18.5. The van der Waals surface area contributed by atoms with Crippen LogP contribution in [-0.4, -0.2) is 83.7 Å². The molecule has 1 aromatic carbocycles. The van der Waals surface area contributed by atoms with Gasteiger partial charge in [-0.05, 0) is 23.8 Å². The first-order chi connectivity index (χ1) is 16.1. The molecule has 0 bridgehead atoms. The van der Waals surface area contributed by atoms with Gasteiger partial charge in [0.05, 0.1) is 37.4 Å². The Labute approximate surface area is 199 Å². The van der Waals surface area contributed by atoms with Gasteiger partial charge in [-0.3, -0.25) is 14.4 Å². The summed E-state index contributed by atoms with van der Waals surface area (Å²) in [6.45, 7) is 6.03. The third-order valence-corrected chi connectivity index (χ3v) is 6.41. The highest BCUT2D eigenvalue weighted by Gasteiger charge is 2.35. The summed E-state index contributed by atoms with van der Waals surface area (Å²) in [4.78, 5) is 24.8. The molecule has 10 nitrogen and oxygen atoms in total. The van der Waals surface area contributed by atoms with Crippen molar-refractivity contribution in [3.8, 4) is 0 Å². The van der Waals surface area contributed by atoms with Gasteiger partial charge in [0, 0.05) is 49.6 Å². The van der Waals surface area contributed by atoms with Gasteiger partial charge in [0.2, 0.25) is 11.9 Å². The average molecular weight is 516 g/mol. The standard InChI is InChI=1S/C22H26BrN7O3/c1-32-9-8-30-13-16-19(18-15-12-14(23)2-3-17(15)25-21(18)31)26-22(27-20(16)28-30)24-4-5-29-6-10-33-11-7-29/h2-3,12-13,18H,4-11H2,1H3,(H,25,31)(H,24,27,28). The smallest absolute Gasteiger partial charge is 0.238 e. The third kappa shape index (κ3) is 4.72. The van der Waals surface area contributed by atoms with E-state index in [2.05, 4.69) is 41.5 Å². The Morgan fingerprint density at radius 1 is 1.27 bits per heavy atom. The maximum atomic E-state index is 13.0. The fraction of sp³-hybridized carbons (Fsp3) is 0.455. The predicted octanol–water partition coefficient (Wildman–Crippen LogP) is 2.06. The van der Waals surface area contributed by atoms with Gasteiger partial charge in [0.15, 0.2) is 5.65 Å². The second-order valence-electron chi connectivity index (χ2n) is 8.09. The van der Waals surface area contributed by atoms with Crippen LogP contribution in [0.2, 0.25) is 0 Å². The number of carbonyl (C=O) groups is 1. The van der Waals surface area contributed by atoms with E-state index in [-0.39, 0.29) is 5.91 Å². The molecule has 2 aliphatic rings. The van der Waals surface area contributed by atoms with Crippen molar-refractivity contribution in [1.82, 2.24) is 24.6 Å². The number of carbonyl (C=O) groups excluding carboxylic acids is 1. The Kier molecular flexibility index (Phi) is 6.54. The predicted molar refractivity (Wildman–Crippen MR) is 128 cm³/mol. The van der Waals surface area contributed by atoms with Crippen LogP contribution in [0.25, 0.3) is 11.0 Å². The monoisotopic (exact) mass is 515 g/mol. The van der Waals surface area contributed by atoms with Crippen molar-refractivity contribution in [2.45, 2.75) is 12.5 Å². The van der Waals surface area contributed by atoms with E-state index in [1.165, 1.54) is 0 Å². The number of halogens is 1. The molecule has 174 valence electrons. The lowest BCUT2D eigenvalue weighted by Gasteiger charge is -2.26. The van der Waals surface area contributed by atoms with E-state index in [0.29, 0.717) is 37.0 Å². The van der Waals surface area contributed by atoms with Gasteiger partial charge in [0.1, 0.15) is 5.92 Å². The molecule has 5 rings (SSSR count). The summed E-state index contributed by atoms with van der Waals surface area (Å²) < 4.78 is 13.3. The van der Waals surface area contributed by atoms with Crippen LogP contribution in [0.3, 0.4) is 0 Å². The highest BCUT2D eigenvalue weighted by molar-refractivity contribution is 9.10. The molecule has 4 heterocycles. The van der Waals surface area contributed by atoms with Crippen molar-refractivity contribution in [3.05, 3.63) is 40.1 Å². The number of hydrogen-bond acceptors (Lipinski definition) is 8. The summed E-state index contributed by atoms with van der Waals surface area (Å²) in [6.07, 6.45) is 1.89. The molecule has 1 atom stereocenters. The summed E-state index contributed by atoms with van der Waals surface area (Å²) in [5.41, 5.74) is 2.89. The number of fused-ring (bicyclic) bond motifs is 2. The van der Waals surface area contributed by atoms with Crippen molar-refractivity contribution in [1.29, 1.82) is 0 Å². The molecule has 33 heavy (non-hydrogen) atoms. The maximum absolute atomic E-state index is 13.0. The number of amides is 1. The lowest BCUT2D eigenvalue weighted by atomic mass is 9.95. The van der Waals surface area contributed by atoms with Gasteiger partial charge >= 0.3 is 0 Å². The van der Waals surface area contributed by atoms with E-state index in [1.54, 1.807) is 11.8 Å². The van der Waals surface area contributed by atoms with Crippen molar-refractivity contribution < 1.29 is 14.3 Å². The molecule has 1 amide bonds. The van der Waals surface area contributed by atoms with Gasteiger partial charge in [-0.2, -0.15) is 10.1 Å². The number of morpholine rings is 1. The Balaban J connectivity index is 1.48. The van der Waals surface area contributed by atoms with Crippen LogP contribution in [0.1, 0.15) is 17.2 Å². The van der Waals surface area contributed by atoms with Crippen molar-refractivity contribution >= 4 is 44.5 Å². The number of methoxy groups -OCH3 is 1. The minimum absolute atomic E-state index is 0.105. The number of ether oxygens (including phenoxy) is 2. The van der Waals surface area contributed by atoms with Crippen molar-refractivity contribution in [2.75, 3.05) is 63.7 Å². The fourth-order valence-electron chi connectivity index (χ4n) is 4.23. The number of aromatic nitrogens is 4. The van der Waals surface area contributed by atoms with E-state index in [4.69, 9.17) is 14.5 Å². The van der Waals surface area contributed by atoms with Crippen LogP contribution in [-0.2, 0) is 20.8 Å².